The SMILES string of the molecule is Cc1cccc(N(CC(=O)Nc2nc3ccc(F)cc3s2)CC(=O)N2CCCCC2)c1. The Kier molecular flexibility index (Phi) is 6.46. The molecule has 1 aliphatic rings. The molecule has 0 bridgehead atoms. The number of hydrogen-bond acceptors (Lipinski definition) is 5. The van der Waals surface area contributed by atoms with Gasteiger partial charge in [-0.05, 0) is 62.1 Å². The zero-order valence-corrected chi connectivity index (χ0v) is 18.3. The van der Waals surface area contributed by atoms with Crippen LogP contribution < -0.4 is 10.2 Å². The fourth-order valence-corrected chi connectivity index (χ4v) is 4.66. The third-order valence-electron chi connectivity index (χ3n) is 5.33. The number of fused-ring (bicyclic) bond motifs is 1. The van der Waals surface area contributed by atoms with Crippen molar-refractivity contribution in [3.05, 3.63) is 53.8 Å². The van der Waals surface area contributed by atoms with Gasteiger partial charge in [-0.3, -0.25) is 9.59 Å². The second kappa shape index (κ2) is 9.43. The summed E-state index contributed by atoms with van der Waals surface area (Å²) < 4.78 is 14.1. The number of aryl methyl sites for hydroxylation is 1. The molecule has 31 heavy (non-hydrogen) atoms. The number of piperidine rings is 1. The van der Waals surface area contributed by atoms with Crippen molar-refractivity contribution < 1.29 is 14.0 Å². The van der Waals surface area contributed by atoms with Gasteiger partial charge in [-0.2, -0.15) is 0 Å². The van der Waals surface area contributed by atoms with Crippen LogP contribution in [0, 0.1) is 12.7 Å². The number of hydrogen-bond donors (Lipinski definition) is 1. The van der Waals surface area contributed by atoms with Crippen LogP contribution in [0.15, 0.2) is 42.5 Å². The molecular formula is C23H25FN4O2S. The van der Waals surface area contributed by atoms with Crippen molar-refractivity contribution in [1.82, 2.24) is 9.88 Å². The highest BCUT2D eigenvalue weighted by Gasteiger charge is 2.22. The third kappa shape index (κ3) is 5.38. The normalized spacial score (nSPS) is 13.9. The van der Waals surface area contributed by atoms with E-state index in [-0.39, 0.29) is 30.7 Å². The molecule has 1 aromatic heterocycles. The van der Waals surface area contributed by atoms with E-state index in [2.05, 4.69) is 10.3 Å². The van der Waals surface area contributed by atoms with Crippen LogP contribution in [0.4, 0.5) is 15.2 Å². The molecule has 1 N–H and O–H groups in total. The molecule has 0 saturated carbocycles. The molecule has 6 nitrogen and oxygen atoms in total. The summed E-state index contributed by atoms with van der Waals surface area (Å²) in [7, 11) is 0. The van der Waals surface area contributed by atoms with E-state index in [4.69, 9.17) is 0 Å². The number of likely N-dealkylation sites (tertiary alicyclic amines) is 1. The number of carbonyl (C=O) groups excluding carboxylic acids is 2. The van der Waals surface area contributed by atoms with Crippen LogP contribution >= 0.6 is 11.3 Å². The van der Waals surface area contributed by atoms with E-state index in [0.717, 1.165) is 43.6 Å². The molecule has 3 aromatic rings. The minimum absolute atomic E-state index is 0.0212. The molecule has 2 amide bonds. The summed E-state index contributed by atoms with van der Waals surface area (Å²) in [6.07, 6.45) is 3.20. The van der Waals surface area contributed by atoms with Gasteiger partial charge in [-0.1, -0.05) is 23.5 Å². The van der Waals surface area contributed by atoms with Crippen molar-refractivity contribution in [3.63, 3.8) is 0 Å². The summed E-state index contributed by atoms with van der Waals surface area (Å²) in [5.74, 6) is -0.576. The summed E-state index contributed by atoms with van der Waals surface area (Å²) in [6, 6.07) is 12.1. The van der Waals surface area contributed by atoms with Crippen molar-refractivity contribution in [2.24, 2.45) is 0 Å². The molecule has 4 rings (SSSR count). The van der Waals surface area contributed by atoms with Crippen molar-refractivity contribution >= 4 is 44.2 Å². The molecule has 8 heteroatoms. The van der Waals surface area contributed by atoms with E-state index in [1.54, 1.807) is 11.0 Å². The van der Waals surface area contributed by atoms with E-state index in [1.165, 1.54) is 23.5 Å². The lowest BCUT2D eigenvalue weighted by Gasteiger charge is -2.30. The van der Waals surface area contributed by atoms with Crippen LogP contribution in [0.2, 0.25) is 0 Å². The largest absolute Gasteiger partial charge is 0.353 e. The highest BCUT2D eigenvalue weighted by molar-refractivity contribution is 7.22. The summed E-state index contributed by atoms with van der Waals surface area (Å²) in [5.41, 5.74) is 2.52. The molecule has 1 fully saturated rings. The number of carbonyl (C=O) groups is 2. The average Bonchev–Trinajstić information content (AvgIpc) is 3.15. The first-order valence-electron chi connectivity index (χ1n) is 10.4. The Hall–Kier alpha value is -3.00. The predicted octanol–water partition coefficient (Wildman–Crippen LogP) is 4.20. The molecule has 2 aromatic carbocycles. The minimum atomic E-state index is -0.337. The van der Waals surface area contributed by atoms with Gasteiger partial charge in [0.15, 0.2) is 5.13 Å². The zero-order chi connectivity index (χ0) is 21.8. The summed E-state index contributed by atoms with van der Waals surface area (Å²) in [4.78, 5) is 33.7. The summed E-state index contributed by atoms with van der Waals surface area (Å²) in [6.45, 7) is 3.69. The first kappa shape index (κ1) is 21.2. The molecule has 1 aliphatic heterocycles. The zero-order valence-electron chi connectivity index (χ0n) is 17.4. The fraction of sp³-hybridized carbons (Fsp3) is 0.348. The maximum Gasteiger partial charge on any atom is 0.245 e. The highest BCUT2D eigenvalue weighted by atomic mass is 32.1. The molecule has 1 saturated heterocycles. The Morgan fingerprint density at radius 1 is 1.13 bits per heavy atom. The topological polar surface area (TPSA) is 65.5 Å². The lowest BCUT2D eigenvalue weighted by molar-refractivity contribution is -0.130. The number of nitrogens with one attached hydrogen (secondary N) is 1. The number of rotatable bonds is 6. The molecule has 0 radical (unpaired) electrons. The van der Waals surface area contributed by atoms with Crippen molar-refractivity contribution in [1.29, 1.82) is 0 Å². The van der Waals surface area contributed by atoms with Gasteiger partial charge in [0.25, 0.3) is 0 Å². The first-order chi connectivity index (χ1) is 15.0. The maximum absolute atomic E-state index is 13.4. The Bertz CT molecular complexity index is 1090. The molecule has 0 aliphatic carbocycles. The Morgan fingerprint density at radius 3 is 2.71 bits per heavy atom. The van der Waals surface area contributed by atoms with Crippen LogP contribution in [0.3, 0.4) is 0 Å². The molecule has 0 unspecified atom stereocenters. The molecule has 162 valence electrons. The van der Waals surface area contributed by atoms with Crippen LogP contribution in [0.5, 0.6) is 0 Å². The van der Waals surface area contributed by atoms with Gasteiger partial charge in [-0.15, -0.1) is 0 Å². The van der Waals surface area contributed by atoms with Gasteiger partial charge in [0.05, 0.1) is 23.3 Å². The average molecular weight is 441 g/mol. The Balaban J connectivity index is 1.48. The Labute approximate surface area is 184 Å². The quantitative estimate of drug-likeness (QED) is 0.624. The van der Waals surface area contributed by atoms with Crippen molar-refractivity contribution in [3.8, 4) is 0 Å². The van der Waals surface area contributed by atoms with E-state index in [9.17, 15) is 14.0 Å². The van der Waals surface area contributed by atoms with Gasteiger partial charge in [-0.25, -0.2) is 9.37 Å². The van der Waals surface area contributed by atoms with E-state index in [1.807, 2.05) is 36.1 Å². The van der Waals surface area contributed by atoms with E-state index >= 15 is 0 Å². The van der Waals surface area contributed by atoms with Crippen molar-refractivity contribution in [2.45, 2.75) is 26.2 Å². The third-order valence-corrected chi connectivity index (χ3v) is 6.27. The van der Waals surface area contributed by atoms with Crippen LogP contribution in [-0.2, 0) is 9.59 Å². The van der Waals surface area contributed by atoms with Crippen LogP contribution in [0.1, 0.15) is 24.8 Å². The second-order valence-electron chi connectivity index (χ2n) is 7.82. The lowest BCUT2D eigenvalue weighted by Crippen LogP contribution is -2.45. The molecule has 0 spiro atoms. The Morgan fingerprint density at radius 2 is 1.94 bits per heavy atom. The number of benzene rings is 2. The maximum atomic E-state index is 13.4. The fourth-order valence-electron chi connectivity index (χ4n) is 3.75. The standard InChI is InChI=1S/C23H25FN4O2S/c1-16-6-5-7-18(12-16)28(15-22(30)27-10-3-2-4-11-27)14-21(29)26-23-25-19-9-8-17(24)13-20(19)31-23/h5-9,12-13H,2-4,10-11,14-15H2,1H3,(H,25,26,29). The first-order valence-corrected chi connectivity index (χ1v) is 11.2. The van der Waals surface area contributed by atoms with Gasteiger partial charge < -0.3 is 15.1 Å². The van der Waals surface area contributed by atoms with Crippen LogP contribution in [-0.4, -0.2) is 47.9 Å². The molecule has 0 atom stereocenters. The van der Waals surface area contributed by atoms with E-state index < -0.39 is 0 Å². The molecule has 2 heterocycles. The minimum Gasteiger partial charge on any atom is -0.353 e. The van der Waals surface area contributed by atoms with Gasteiger partial charge >= 0.3 is 0 Å². The van der Waals surface area contributed by atoms with Gasteiger partial charge in [0, 0.05) is 18.8 Å². The van der Waals surface area contributed by atoms with Gasteiger partial charge in [0.1, 0.15) is 5.82 Å². The smallest absolute Gasteiger partial charge is 0.245 e. The number of anilines is 2. The molecular weight excluding hydrogens is 415 g/mol. The van der Waals surface area contributed by atoms with Crippen molar-refractivity contribution in [2.75, 3.05) is 36.4 Å². The number of amides is 2. The monoisotopic (exact) mass is 440 g/mol. The lowest BCUT2D eigenvalue weighted by atomic mass is 10.1. The highest BCUT2D eigenvalue weighted by Crippen LogP contribution is 2.26. The number of nitrogens with zero attached hydrogens (tertiary/aromatic N) is 3. The number of thiazole rings is 1. The van der Waals surface area contributed by atoms with Crippen LogP contribution in [0.25, 0.3) is 10.2 Å². The number of halogens is 1. The summed E-state index contributed by atoms with van der Waals surface area (Å²) in [5, 5.41) is 3.21. The van der Waals surface area contributed by atoms with E-state index in [0.29, 0.717) is 15.3 Å². The number of aromatic nitrogens is 1. The predicted molar refractivity (Wildman–Crippen MR) is 122 cm³/mol. The van der Waals surface area contributed by atoms with Gasteiger partial charge in [0.2, 0.25) is 11.8 Å². The summed E-state index contributed by atoms with van der Waals surface area (Å²) >= 11 is 1.22. The second-order valence-corrected chi connectivity index (χ2v) is 8.85.